The maximum Gasteiger partial charge on any atom is 0.324 e. The quantitative estimate of drug-likeness (QED) is 0.839. The number of carboxylic acids is 1. The van der Waals surface area contributed by atoms with Crippen LogP contribution in [0.5, 0.6) is 0 Å². The standard InChI is InChI=1S/C16H16BrNO4S/c1-11-3-6-14(9-12(11)2)18(10-16(19)20)23(21,22)15-7-4-13(17)5-8-15/h3-9H,10H2,1-2H3,(H,19,20). The molecule has 0 aliphatic carbocycles. The average molecular weight is 398 g/mol. The highest BCUT2D eigenvalue weighted by atomic mass is 79.9. The number of aliphatic carboxylic acids is 1. The summed E-state index contributed by atoms with van der Waals surface area (Å²) in [7, 11) is -3.96. The van der Waals surface area contributed by atoms with Gasteiger partial charge >= 0.3 is 5.97 Å². The predicted octanol–water partition coefficient (Wildman–Crippen LogP) is 3.35. The van der Waals surface area contributed by atoms with E-state index >= 15 is 0 Å². The van der Waals surface area contributed by atoms with Crippen molar-refractivity contribution in [2.24, 2.45) is 0 Å². The molecule has 0 heterocycles. The van der Waals surface area contributed by atoms with Crippen LogP contribution >= 0.6 is 15.9 Å². The number of rotatable bonds is 5. The summed E-state index contributed by atoms with van der Waals surface area (Å²) in [6.07, 6.45) is 0. The van der Waals surface area contributed by atoms with E-state index in [9.17, 15) is 13.2 Å². The first kappa shape index (κ1) is 17.5. The van der Waals surface area contributed by atoms with Crippen LogP contribution in [0, 0.1) is 13.8 Å². The molecule has 0 saturated heterocycles. The van der Waals surface area contributed by atoms with E-state index in [2.05, 4.69) is 15.9 Å². The maximum atomic E-state index is 12.8. The highest BCUT2D eigenvalue weighted by molar-refractivity contribution is 9.10. The molecule has 0 aliphatic heterocycles. The molecule has 0 radical (unpaired) electrons. The molecule has 122 valence electrons. The average Bonchev–Trinajstić information content (AvgIpc) is 2.48. The highest BCUT2D eigenvalue weighted by Gasteiger charge is 2.27. The van der Waals surface area contributed by atoms with Gasteiger partial charge in [-0.3, -0.25) is 9.10 Å². The van der Waals surface area contributed by atoms with Crippen LogP contribution < -0.4 is 4.31 Å². The second-order valence-electron chi connectivity index (χ2n) is 5.13. The summed E-state index contributed by atoms with van der Waals surface area (Å²) >= 11 is 3.25. The SMILES string of the molecule is Cc1ccc(N(CC(=O)O)S(=O)(=O)c2ccc(Br)cc2)cc1C. The third-order valence-electron chi connectivity index (χ3n) is 3.46. The number of carbonyl (C=O) groups is 1. The molecule has 0 atom stereocenters. The number of halogens is 1. The van der Waals surface area contributed by atoms with Crippen molar-refractivity contribution in [3.05, 3.63) is 58.1 Å². The van der Waals surface area contributed by atoms with Gasteiger partial charge in [0.2, 0.25) is 0 Å². The summed E-state index contributed by atoms with van der Waals surface area (Å²) in [6.45, 7) is 3.12. The second kappa shape index (κ2) is 6.72. The molecule has 0 fully saturated rings. The molecule has 0 saturated carbocycles. The molecule has 2 aromatic rings. The summed E-state index contributed by atoms with van der Waals surface area (Å²) in [4.78, 5) is 11.2. The normalized spacial score (nSPS) is 11.3. The number of hydrogen-bond donors (Lipinski definition) is 1. The second-order valence-corrected chi connectivity index (χ2v) is 7.91. The van der Waals surface area contributed by atoms with Gasteiger partial charge in [-0.1, -0.05) is 22.0 Å². The lowest BCUT2D eigenvalue weighted by Crippen LogP contribution is -2.35. The van der Waals surface area contributed by atoms with E-state index in [1.54, 1.807) is 30.3 Å². The Labute approximate surface area is 143 Å². The predicted molar refractivity (Wildman–Crippen MR) is 92.2 cm³/mol. The fraction of sp³-hybridized carbons (Fsp3) is 0.188. The Balaban J connectivity index is 2.55. The van der Waals surface area contributed by atoms with E-state index in [0.29, 0.717) is 5.69 Å². The van der Waals surface area contributed by atoms with Crippen molar-refractivity contribution in [2.75, 3.05) is 10.8 Å². The molecule has 0 amide bonds. The third-order valence-corrected chi connectivity index (χ3v) is 5.78. The molecule has 0 aliphatic rings. The first-order valence-electron chi connectivity index (χ1n) is 6.79. The number of hydrogen-bond acceptors (Lipinski definition) is 3. The van der Waals surface area contributed by atoms with Crippen LogP contribution in [0.1, 0.15) is 11.1 Å². The Kier molecular flexibility index (Phi) is 5.11. The Morgan fingerprint density at radius 3 is 2.22 bits per heavy atom. The Hall–Kier alpha value is -1.86. The molecule has 0 bridgehead atoms. The maximum absolute atomic E-state index is 12.8. The zero-order valence-corrected chi connectivity index (χ0v) is 15.1. The van der Waals surface area contributed by atoms with E-state index in [4.69, 9.17) is 5.11 Å². The molecule has 0 aromatic heterocycles. The van der Waals surface area contributed by atoms with Crippen molar-refractivity contribution < 1.29 is 18.3 Å². The minimum absolute atomic E-state index is 0.0418. The third kappa shape index (κ3) is 3.92. The van der Waals surface area contributed by atoms with Gasteiger partial charge in [0.05, 0.1) is 10.6 Å². The number of aryl methyl sites for hydroxylation is 2. The van der Waals surface area contributed by atoms with E-state index in [-0.39, 0.29) is 4.90 Å². The monoisotopic (exact) mass is 397 g/mol. The van der Waals surface area contributed by atoms with Crippen molar-refractivity contribution in [2.45, 2.75) is 18.7 Å². The van der Waals surface area contributed by atoms with Crippen molar-refractivity contribution in [3.63, 3.8) is 0 Å². The van der Waals surface area contributed by atoms with Crippen LogP contribution in [0.2, 0.25) is 0 Å². The van der Waals surface area contributed by atoms with Gasteiger partial charge in [0.1, 0.15) is 6.54 Å². The molecule has 23 heavy (non-hydrogen) atoms. The summed E-state index contributed by atoms with van der Waals surface area (Å²) in [6, 6.07) is 11.1. The molecule has 2 aromatic carbocycles. The molecular formula is C16H16BrNO4S. The summed E-state index contributed by atoms with van der Waals surface area (Å²) in [5.74, 6) is -1.22. The van der Waals surface area contributed by atoms with Gasteiger partial charge in [0.25, 0.3) is 10.0 Å². The van der Waals surface area contributed by atoms with Crippen molar-refractivity contribution in [1.29, 1.82) is 0 Å². The van der Waals surface area contributed by atoms with Crippen molar-refractivity contribution in [3.8, 4) is 0 Å². The fourth-order valence-corrected chi connectivity index (χ4v) is 3.72. The number of anilines is 1. The van der Waals surface area contributed by atoms with Gasteiger partial charge in [0, 0.05) is 4.47 Å². The minimum Gasteiger partial charge on any atom is -0.480 e. The molecule has 2 rings (SSSR count). The van der Waals surface area contributed by atoms with Gasteiger partial charge in [-0.05, 0) is 61.4 Å². The van der Waals surface area contributed by atoms with Gasteiger partial charge < -0.3 is 5.11 Å². The van der Waals surface area contributed by atoms with Crippen molar-refractivity contribution in [1.82, 2.24) is 0 Å². The van der Waals surface area contributed by atoms with Crippen LogP contribution in [0.4, 0.5) is 5.69 Å². The van der Waals surface area contributed by atoms with Crippen LogP contribution in [-0.4, -0.2) is 26.0 Å². The molecule has 0 spiro atoms. The lowest BCUT2D eigenvalue weighted by atomic mass is 10.1. The number of nitrogens with zero attached hydrogens (tertiary/aromatic N) is 1. The minimum atomic E-state index is -3.96. The highest BCUT2D eigenvalue weighted by Crippen LogP contribution is 2.26. The molecule has 1 N–H and O–H groups in total. The summed E-state index contributed by atoms with van der Waals surface area (Å²) in [5, 5.41) is 9.11. The molecule has 0 unspecified atom stereocenters. The zero-order valence-electron chi connectivity index (χ0n) is 12.7. The Morgan fingerprint density at radius 2 is 1.70 bits per heavy atom. The summed E-state index contributed by atoms with van der Waals surface area (Å²) < 4.78 is 27.3. The molecule has 7 heteroatoms. The first-order chi connectivity index (χ1) is 10.7. The molecular weight excluding hydrogens is 382 g/mol. The first-order valence-corrected chi connectivity index (χ1v) is 9.02. The molecule has 5 nitrogen and oxygen atoms in total. The van der Waals surface area contributed by atoms with Gasteiger partial charge in [-0.2, -0.15) is 0 Å². The van der Waals surface area contributed by atoms with Crippen LogP contribution in [0.15, 0.2) is 51.8 Å². The topological polar surface area (TPSA) is 74.7 Å². The van der Waals surface area contributed by atoms with Crippen LogP contribution in [0.3, 0.4) is 0 Å². The van der Waals surface area contributed by atoms with E-state index in [0.717, 1.165) is 19.9 Å². The zero-order chi connectivity index (χ0) is 17.2. The van der Waals surface area contributed by atoms with Crippen LogP contribution in [-0.2, 0) is 14.8 Å². The van der Waals surface area contributed by atoms with E-state index in [1.165, 1.54) is 12.1 Å². The summed E-state index contributed by atoms with van der Waals surface area (Å²) in [5.41, 5.74) is 2.23. The number of carboxylic acid groups (broad SMARTS) is 1. The lowest BCUT2D eigenvalue weighted by molar-refractivity contribution is -0.135. The van der Waals surface area contributed by atoms with Gasteiger partial charge in [0.15, 0.2) is 0 Å². The van der Waals surface area contributed by atoms with Crippen molar-refractivity contribution >= 4 is 37.6 Å². The van der Waals surface area contributed by atoms with E-state index in [1.807, 2.05) is 13.8 Å². The number of sulfonamides is 1. The lowest BCUT2D eigenvalue weighted by Gasteiger charge is -2.23. The van der Waals surface area contributed by atoms with Crippen LogP contribution in [0.25, 0.3) is 0 Å². The Morgan fingerprint density at radius 1 is 1.09 bits per heavy atom. The Bertz CT molecular complexity index is 832. The van der Waals surface area contributed by atoms with E-state index < -0.39 is 22.5 Å². The van der Waals surface area contributed by atoms with Gasteiger partial charge in [-0.25, -0.2) is 8.42 Å². The van der Waals surface area contributed by atoms with Gasteiger partial charge in [-0.15, -0.1) is 0 Å². The number of benzene rings is 2. The largest absolute Gasteiger partial charge is 0.480 e. The fourth-order valence-electron chi connectivity index (χ4n) is 2.05. The smallest absolute Gasteiger partial charge is 0.324 e.